The van der Waals surface area contributed by atoms with Gasteiger partial charge in [-0.25, -0.2) is 29.1 Å². The molecule has 0 radical (unpaired) electrons. The topological polar surface area (TPSA) is 220 Å². The lowest BCUT2D eigenvalue weighted by Gasteiger charge is -2.54. The van der Waals surface area contributed by atoms with E-state index in [0.717, 1.165) is 131 Å². The van der Waals surface area contributed by atoms with Gasteiger partial charge in [0.15, 0.2) is 0 Å². The molecule has 10 fully saturated rings. The summed E-state index contributed by atoms with van der Waals surface area (Å²) in [7, 11) is 0. The van der Waals surface area contributed by atoms with E-state index >= 15 is 0 Å². The second kappa shape index (κ2) is 35.9. The number of hydrogen-bond donors (Lipinski definition) is 4. The zero-order valence-corrected chi connectivity index (χ0v) is 60.9. The van der Waals surface area contributed by atoms with Crippen LogP contribution in [-0.4, -0.2) is 65.3 Å². The summed E-state index contributed by atoms with van der Waals surface area (Å²) in [5.74, 6) is 9.39. The summed E-state index contributed by atoms with van der Waals surface area (Å²) in [6.07, 6.45) is 38.8. The molecular weight excluding hydrogens is 1270 g/mol. The van der Waals surface area contributed by atoms with E-state index in [4.69, 9.17) is 42.0 Å². The molecule has 10 aliphatic rings. The number of halogens is 1. The third-order valence-corrected chi connectivity index (χ3v) is 23.8. The van der Waals surface area contributed by atoms with E-state index < -0.39 is 5.97 Å². The molecule has 15 nitrogen and oxygen atoms in total. The zero-order valence-electron chi connectivity index (χ0n) is 60.1. The molecule has 0 amide bonds. The smallest absolute Gasteiger partial charge is 0.339 e. The number of rotatable bonds is 22. The van der Waals surface area contributed by atoms with Gasteiger partial charge in [0, 0.05) is 47.9 Å². The van der Waals surface area contributed by atoms with E-state index in [9.17, 15) is 19.2 Å². The van der Waals surface area contributed by atoms with Gasteiger partial charge in [0.25, 0.3) is 0 Å². The van der Waals surface area contributed by atoms with Crippen LogP contribution >= 0.6 is 11.6 Å². The van der Waals surface area contributed by atoms with E-state index in [0.29, 0.717) is 71.9 Å². The van der Waals surface area contributed by atoms with Crippen LogP contribution in [0.3, 0.4) is 0 Å². The summed E-state index contributed by atoms with van der Waals surface area (Å²) in [5.41, 5.74) is 25.9. The number of aromatic nitrogens is 3. The number of hydrogen-bond acceptors (Lipinski definition) is 15. The minimum Gasteiger partial charge on any atom is -0.462 e. The second-order valence-corrected chi connectivity index (χ2v) is 30.7. The van der Waals surface area contributed by atoms with Crippen molar-refractivity contribution in [2.45, 2.75) is 202 Å². The normalized spacial score (nSPS) is 23.9. The highest BCUT2D eigenvalue weighted by Gasteiger charge is 2.49. The van der Waals surface area contributed by atoms with Crippen LogP contribution in [0.2, 0.25) is 5.02 Å². The molecule has 6 N–H and O–H groups in total. The maximum absolute atomic E-state index is 12.3. The van der Waals surface area contributed by atoms with Gasteiger partial charge < -0.3 is 41.0 Å². The molecule has 0 saturated heterocycles. The standard InChI is InChI=1S/C26H32N2O2.C25H31N3O2.C17H25NO2.C16H22ClNO2/c1-2-30-26(29)21-4-3-20(25(15-21)28-16-17-5-7-27-8-6-17)14-24-22-10-18-9-19(12-22)13-23(24)11-18;1-2-30-25(29)19-4-3-18(24(13-19)27-14-22-5-6-26-15-28-22)12-23-20-8-16-7-17(10-20)11-21(23)9-16;1-3-20-17(19)15-11-16(18)14(9-12(15)2)10-13-7-5-4-6-8-13;1-2-20-16(19)13-10-15(18)12(9-14(13)17)8-11-6-4-3-5-7-11/h3-8,15,18-19,22-24,28H,2,9-14,16H2,1H3;3-6,13,15-17,20-21,23,27H,2,7-12,14H2,1H3;9,11,13H,3-8,10,18H2,1-2H3;9-11H,2-8,18H2,1H3. The van der Waals surface area contributed by atoms with Crippen molar-refractivity contribution < 1.29 is 38.1 Å². The van der Waals surface area contributed by atoms with Gasteiger partial charge >= 0.3 is 23.9 Å². The third kappa shape index (κ3) is 19.6. The van der Waals surface area contributed by atoms with Crippen LogP contribution in [0.5, 0.6) is 0 Å². The SMILES string of the molecule is CCOC(=O)c1cc(N)c(CC2CCCCC2)cc1C.CCOC(=O)c1cc(N)c(CC2CCCCC2)cc1Cl.CCOC(=O)c1ccc(CC2C3CC4CC(C3)CC2C4)c(NCc2ccncc2)c1.CCOC(=O)c1ccc(CC2C3CC4CC(C3)CC2C4)c(NCc2ccncn2)c1. The molecule has 2 aromatic heterocycles. The summed E-state index contributed by atoms with van der Waals surface area (Å²) >= 11 is 6.19. The lowest BCUT2D eigenvalue weighted by molar-refractivity contribution is -0.0359. The molecule has 10 aliphatic carbocycles. The van der Waals surface area contributed by atoms with E-state index in [-0.39, 0.29) is 17.9 Å². The highest BCUT2D eigenvalue weighted by Crippen LogP contribution is 2.59. The van der Waals surface area contributed by atoms with Crippen molar-refractivity contribution in [3.05, 3.63) is 170 Å². The Kier molecular flexibility index (Phi) is 26.4. The molecule has 100 heavy (non-hydrogen) atoms. The molecule has 16 heteroatoms. The first-order valence-electron chi connectivity index (χ1n) is 38.1. The van der Waals surface area contributed by atoms with Crippen molar-refractivity contribution in [1.29, 1.82) is 0 Å². The second-order valence-electron chi connectivity index (χ2n) is 30.3. The van der Waals surface area contributed by atoms with Crippen molar-refractivity contribution in [2.24, 2.45) is 71.0 Å². The Balaban J connectivity index is 0.000000137. The molecule has 4 aromatic carbocycles. The highest BCUT2D eigenvalue weighted by molar-refractivity contribution is 6.33. The van der Waals surface area contributed by atoms with Crippen LogP contribution < -0.4 is 22.1 Å². The van der Waals surface area contributed by atoms with Gasteiger partial charge in [0.05, 0.1) is 65.9 Å². The Morgan fingerprint density at radius 1 is 0.460 bits per heavy atom. The van der Waals surface area contributed by atoms with Crippen LogP contribution in [0.15, 0.2) is 104 Å². The molecule has 0 atom stereocenters. The maximum Gasteiger partial charge on any atom is 0.339 e. The number of esters is 4. The lowest BCUT2D eigenvalue weighted by Crippen LogP contribution is -2.45. The van der Waals surface area contributed by atoms with E-state index in [1.54, 1.807) is 31.6 Å². The van der Waals surface area contributed by atoms with Crippen molar-refractivity contribution in [1.82, 2.24) is 15.0 Å². The number of nitrogens with two attached hydrogens (primary N) is 2. The molecule has 8 bridgehead atoms. The number of aryl methyl sites for hydroxylation is 1. The monoisotopic (exact) mass is 1380 g/mol. The van der Waals surface area contributed by atoms with Crippen LogP contribution in [0.25, 0.3) is 0 Å². The minimum absolute atomic E-state index is 0.245. The van der Waals surface area contributed by atoms with Crippen LogP contribution in [-0.2, 0) is 57.7 Å². The summed E-state index contributed by atoms with van der Waals surface area (Å²) in [6, 6.07) is 25.4. The molecule has 6 aromatic rings. The van der Waals surface area contributed by atoms with Crippen LogP contribution in [0.4, 0.5) is 22.7 Å². The predicted molar refractivity (Wildman–Crippen MR) is 398 cm³/mol. The fraction of sp³-hybridized carbons (Fsp3) is 0.560. The third-order valence-electron chi connectivity index (χ3n) is 23.5. The Hall–Kier alpha value is -7.52. The number of carbonyl (C=O) groups is 4. The Morgan fingerprint density at radius 2 is 0.880 bits per heavy atom. The largest absolute Gasteiger partial charge is 0.462 e. The number of anilines is 4. The van der Waals surface area contributed by atoms with Gasteiger partial charge in [0.1, 0.15) is 6.33 Å². The first-order valence-corrected chi connectivity index (χ1v) is 38.5. The molecule has 16 rings (SSSR count). The van der Waals surface area contributed by atoms with Gasteiger partial charge in [-0.1, -0.05) is 94.0 Å². The van der Waals surface area contributed by atoms with Crippen molar-refractivity contribution in [3.63, 3.8) is 0 Å². The fourth-order valence-electron chi connectivity index (χ4n) is 19.0. The molecule has 0 unspecified atom stereocenters. The van der Waals surface area contributed by atoms with Gasteiger partial charge in [-0.05, 0) is 290 Å². The molecule has 10 saturated carbocycles. The number of carbonyl (C=O) groups excluding carboxylic acids is 4. The number of ether oxygens (including phenoxy) is 4. The summed E-state index contributed by atoms with van der Waals surface area (Å²) in [4.78, 5) is 60.6. The Bertz CT molecular complexity index is 3390. The number of nitrogens with one attached hydrogen (secondary N) is 2. The Labute approximate surface area is 599 Å². The number of nitrogen functional groups attached to an aromatic ring is 2. The molecule has 0 aliphatic heterocycles. The van der Waals surface area contributed by atoms with Crippen molar-refractivity contribution >= 4 is 58.2 Å². The average molecular weight is 1380 g/mol. The number of pyridine rings is 1. The highest BCUT2D eigenvalue weighted by atomic mass is 35.5. The van der Waals surface area contributed by atoms with Crippen molar-refractivity contribution in [3.8, 4) is 0 Å². The number of benzene rings is 4. The van der Waals surface area contributed by atoms with Crippen LogP contribution in [0, 0.1) is 77.9 Å². The Morgan fingerprint density at radius 3 is 1.33 bits per heavy atom. The quantitative estimate of drug-likeness (QED) is 0.0282. The zero-order chi connectivity index (χ0) is 70.1. The fourth-order valence-corrected chi connectivity index (χ4v) is 19.3. The van der Waals surface area contributed by atoms with Crippen LogP contribution in [0.1, 0.15) is 237 Å². The molecule has 0 spiro atoms. The van der Waals surface area contributed by atoms with Gasteiger partial charge in [-0.3, -0.25) is 4.98 Å². The summed E-state index contributed by atoms with van der Waals surface area (Å²) < 4.78 is 20.5. The predicted octanol–water partition coefficient (Wildman–Crippen LogP) is 18.5. The average Bonchev–Trinajstić information content (AvgIpc) is 0.771. The van der Waals surface area contributed by atoms with Crippen molar-refractivity contribution in [2.75, 3.05) is 48.5 Å². The van der Waals surface area contributed by atoms with E-state index in [2.05, 4.69) is 43.8 Å². The van der Waals surface area contributed by atoms with Gasteiger partial charge in [-0.2, -0.15) is 0 Å². The minimum atomic E-state index is -0.409. The van der Waals surface area contributed by atoms with Gasteiger partial charge in [-0.15, -0.1) is 0 Å². The van der Waals surface area contributed by atoms with E-state index in [1.807, 2.05) is 88.6 Å². The molecule has 536 valence electrons. The summed E-state index contributed by atoms with van der Waals surface area (Å²) in [5, 5.41) is 7.58. The molecule has 2 heterocycles. The first-order chi connectivity index (χ1) is 48.6. The first kappa shape index (κ1) is 73.7. The molecular formula is C84H110ClN7O8. The van der Waals surface area contributed by atoms with E-state index in [1.165, 1.54) is 151 Å². The number of nitrogens with zero attached hydrogens (tertiary/aromatic N) is 3. The summed E-state index contributed by atoms with van der Waals surface area (Å²) in [6.45, 7) is 12.1. The maximum atomic E-state index is 12.3. The lowest BCUT2D eigenvalue weighted by atomic mass is 9.51. The van der Waals surface area contributed by atoms with Gasteiger partial charge in [0.2, 0.25) is 0 Å².